The molecule has 26 heavy (non-hydrogen) atoms. The van der Waals surface area contributed by atoms with Gasteiger partial charge in [-0.2, -0.15) is 5.10 Å². The Kier molecular flexibility index (Phi) is 5.29. The number of carbonyl (C=O) groups excluding carboxylic acids is 1. The van der Waals surface area contributed by atoms with E-state index in [4.69, 9.17) is 5.10 Å². The summed E-state index contributed by atoms with van der Waals surface area (Å²) in [6, 6.07) is 6.67. The summed E-state index contributed by atoms with van der Waals surface area (Å²) in [5, 5.41) is 7.85. The topological polar surface area (TPSA) is 63.1 Å². The van der Waals surface area contributed by atoms with Crippen molar-refractivity contribution in [3.8, 4) is 0 Å². The predicted molar refractivity (Wildman–Crippen MR) is 99.3 cm³/mol. The lowest BCUT2D eigenvalue weighted by Crippen LogP contribution is -2.33. The van der Waals surface area contributed by atoms with Crippen molar-refractivity contribution in [2.45, 2.75) is 64.2 Å². The minimum absolute atomic E-state index is 0.168. The van der Waals surface area contributed by atoms with Gasteiger partial charge >= 0.3 is 0 Å². The highest BCUT2D eigenvalue weighted by Gasteiger charge is 2.20. The average Bonchev–Trinajstić information content (AvgIpc) is 3.30. The molecular formula is C20H27N5O. The van der Waals surface area contributed by atoms with Crippen LogP contribution in [0, 0.1) is 0 Å². The van der Waals surface area contributed by atoms with E-state index in [0.717, 1.165) is 51.1 Å². The van der Waals surface area contributed by atoms with Crippen molar-refractivity contribution >= 4 is 5.91 Å². The van der Waals surface area contributed by atoms with Crippen LogP contribution in [-0.2, 0) is 30.8 Å². The molecule has 2 aliphatic rings. The van der Waals surface area contributed by atoms with E-state index in [0.29, 0.717) is 12.5 Å². The number of nitrogens with zero attached hydrogens (tertiary/aromatic N) is 4. The molecule has 1 N–H and O–H groups in total. The first kappa shape index (κ1) is 17.2. The lowest BCUT2D eigenvalue weighted by molar-refractivity contribution is -0.121. The summed E-state index contributed by atoms with van der Waals surface area (Å²) in [4.78, 5) is 18.7. The summed E-state index contributed by atoms with van der Waals surface area (Å²) in [5.41, 5.74) is 3.51. The number of nitrogens with one attached hydrogen (secondary N) is 1. The second-order valence-corrected chi connectivity index (χ2v) is 7.47. The van der Waals surface area contributed by atoms with Gasteiger partial charge in [-0.1, -0.05) is 18.9 Å². The molecular weight excluding hydrogens is 326 g/mol. The van der Waals surface area contributed by atoms with Gasteiger partial charge in [0, 0.05) is 50.9 Å². The van der Waals surface area contributed by atoms with Gasteiger partial charge in [-0.3, -0.25) is 19.4 Å². The van der Waals surface area contributed by atoms with Gasteiger partial charge in [-0.15, -0.1) is 0 Å². The minimum Gasteiger partial charge on any atom is -0.353 e. The van der Waals surface area contributed by atoms with Crippen molar-refractivity contribution in [1.29, 1.82) is 0 Å². The van der Waals surface area contributed by atoms with E-state index in [2.05, 4.69) is 32.0 Å². The molecule has 3 heterocycles. The van der Waals surface area contributed by atoms with Gasteiger partial charge in [0.05, 0.1) is 17.9 Å². The number of aryl methyl sites for hydroxylation is 1. The number of carbonyl (C=O) groups is 1. The fourth-order valence-electron chi connectivity index (χ4n) is 4.00. The molecule has 0 bridgehead atoms. The number of pyridine rings is 1. The SMILES string of the molecule is O=C(CCc1cc2n(n1)CCN(Cc1cccnc1)C2)NC1CCCC1. The van der Waals surface area contributed by atoms with Crippen molar-refractivity contribution in [2.75, 3.05) is 6.54 Å². The number of hydrogen-bond donors (Lipinski definition) is 1. The van der Waals surface area contributed by atoms with Crippen LogP contribution in [0.3, 0.4) is 0 Å². The number of fused-ring (bicyclic) bond motifs is 1. The summed E-state index contributed by atoms with van der Waals surface area (Å²) < 4.78 is 2.10. The van der Waals surface area contributed by atoms with Crippen molar-refractivity contribution in [3.05, 3.63) is 47.5 Å². The molecule has 0 atom stereocenters. The van der Waals surface area contributed by atoms with Crippen molar-refractivity contribution in [1.82, 2.24) is 25.0 Å². The molecule has 2 aromatic rings. The van der Waals surface area contributed by atoms with E-state index in [1.54, 1.807) is 0 Å². The van der Waals surface area contributed by atoms with Crippen molar-refractivity contribution < 1.29 is 4.79 Å². The van der Waals surface area contributed by atoms with Gasteiger partial charge in [-0.05, 0) is 30.5 Å². The highest BCUT2D eigenvalue weighted by atomic mass is 16.1. The summed E-state index contributed by atoms with van der Waals surface area (Å²) in [5.74, 6) is 0.168. The number of hydrogen-bond acceptors (Lipinski definition) is 4. The van der Waals surface area contributed by atoms with Crippen LogP contribution < -0.4 is 5.32 Å². The molecule has 6 heteroatoms. The fourth-order valence-corrected chi connectivity index (χ4v) is 4.00. The van der Waals surface area contributed by atoms with Gasteiger partial charge in [0.25, 0.3) is 0 Å². The van der Waals surface area contributed by atoms with E-state index < -0.39 is 0 Å². The fraction of sp³-hybridized carbons (Fsp3) is 0.550. The Hall–Kier alpha value is -2.21. The molecule has 0 radical (unpaired) electrons. The highest BCUT2D eigenvalue weighted by Crippen LogP contribution is 2.19. The monoisotopic (exact) mass is 353 g/mol. The minimum atomic E-state index is 0.168. The van der Waals surface area contributed by atoms with E-state index in [1.165, 1.54) is 24.1 Å². The zero-order chi connectivity index (χ0) is 17.8. The predicted octanol–water partition coefficient (Wildman–Crippen LogP) is 2.29. The molecule has 0 saturated heterocycles. The van der Waals surface area contributed by atoms with Gasteiger partial charge in [0.15, 0.2) is 0 Å². The molecule has 4 rings (SSSR count). The molecule has 1 aliphatic heterocycles. The van der Waals surface area contributed by atoms with Crippen LogP contribution in [0.2, 0.25) is 0 Å². The highest BCUT2D eigenvalue weighted by molar-refractivity contribution is 5.76. The maximum absolute atomic E-state index is 12.1. The van der Waals surface area contributed by atoms with Crippen LogP contribution in [0.25, 0.3) is 0 Å². The Labute approximate surface area is 154 Å². The average molecular weight is 353 g/mol. The van der Waals surface area contributed by atoms with Crippen molar-refractivity contribution in [2.24, 2.45) is 0 Å². The summed E-state index contributed by atoms with van der Waals surface area (Å²) in [6.07, 6.45) is 9.76. The Balaban J connectivity index is 1.29. The normalized spacial score (nSPS) is 18.0. The third-order valence-corrected chi connectivity index (χ3v) is 5.39. The molecule has 6 nitrogen and oxygen atoms in total. The van der Waals surface area contributed by atoms with Crippen molar-refractivity contribution in [3.63, 3.8) is 0 Å². The summed E-state index contributed by atoms with van der Waals surface area (Å²) >= 11 is 0. The van der Waals surface area contributed by atoms with Crippen LogP contribution in [0.1, 0.15) is 49.1 Å². The first-order valence-electron chi connectivity index (χ1n) is 9.72. The third kappa shape index (κ3) is 4.30. The maximum atomic E-state index is 12.1. The molecule has 1 amide bonds. The summed E-state index contributed by atoms with van der Waals surface area (Å²) in [7, 11) is 0. The summed E-state index contributed by atoms with van der Waals surface area (Å²) in [6.45, 7) is 3.71. The second kappa shape index (κ2) is 7.99. The van der Waals surface area contributed by atoms with Crippen LogP contribution in [0.15, 0.2) is 30.6 Å². The van der Waals surface area contributed by atoms with E-state index >= 15 is 0 Å². The molecule has 1 fully saturated rings. The lowest BCUT2D eigenvalue weighted by Gasteiger charge is -2.27. The Morgan fingerprint density at radius 1 is 1.27 bits per heavy atom. The first-order valence-corrected chi connectivity index (χ1v) is 9.72. The lowest BCUT2D eigenvalue weighted by atomic mass is 10.2. The molecule has 1 saturated carbocycles. The molecule has 2 aromatic heterocycles. The largest absolute Gasteiger partial charge is 0.353 e. The van der Waals surface area contributed by atoms with Gasteiger partial charge in [-0.25, -0.2) is 0 Å². The number of aromatic nitrogens is 3. The molecule has 0 aromatic carbocycles. The standard InChI is InChI=1S/C20H27N5O/c26-20(22-17-5-1-2-6-17)8-7-18-12-19-15-24(10-11-25(19)23-18)14-16-4-3-9-21-13-16/h3-4,9,12-13,17H,1-2,5-8,10-11,14-15H2,(H,22,26). The van der Waals surface area contributed by atoms with Gasteiger partial charge in [0.1, 0.15) is 0 Å². The van der Waals surface area contributed by atoms with E-state index in [1.807, 2.05) is 18.5 Å². The van der Waals surface area contributed by atoms with Crippen LogP contribution in [0.5, 0.6) is 0 Å². The Morgan fingerprint density at radius 2 is 2.15 bits per heavy atom. The van der Waals surface area contributed by atoms with Gasteiger partial charge < -0.3 is 5.32 Å². The van der Waals surface area contributed by atoms with E-state index in [9.17, 15) is 4.79 Å². The molecule has 1 aliphatic carbocycles. The quantitative estimate of drug-likeness (QED) is 0.865. The van der Waals surface area contributed by atoms with E-state index in [-0.39, 0.29) is 5.91 Å². The van der Waals surface area contributed by atoms with Gasteiger partial charge in [0.2, 0.25) is 5.91 Å². The molecule has 0 spiro atoms. The maximum Gasteiger partial charge on any atom is 0.220 e. The smallest absolute Gasteiger partial charge is 0.220 e. The number of amides is 1. The van der Waals surface area contributed by atoms with Crippen LogP contribution in [0.4, 0.5) is 0 Å². The van der Waals surface area contributed by atoms with Crippen LogP contribution >= 0.6 is 0 Å². The zero-order valence-electron chi connectivity index (χ0n) is 15.2. The number of rotatable bonds is 6. The Morgan fingerprint density at radius 3 is 2.96 bits per heavy atom. The third-order valence-electron chi connectivity index (χ3n) is 5.39. The molecule has 138 valence electrons. The Bertz CT molecular complexity index is 736. The second-order valence-electron chi connectivity index (χ2n) is 7.47. The first-order chi connectivity index (χ1) is 12.8. The zero-order valence-corrected chi connectivity index (χ0v) is 15.2. The van der Waals surface area contributed by atoms with Crippen LogP contribution in [-0.4, -0.2) is 38.2 Å². The molecule has 0 unspecified atom stereocenters.